The van der Waals surface area contributed by atoms with Crippen LogP contribution in [0.15, 0.2) is 30.3 Å². The first-order chi connectivity index (χ1) is 16.3. The van der Waals surface area contributed by atoms with Crippen molar-refractivity contribution in [2.45, 2.75) is 39.7 Å². The van der Waals surface area contributed by atoms with Gasteiger partial charge in [0.15, 0.2) is 0 Å². The molecule has 0 saturated carbocycles. The molecule has 2 aliphatic heterocycles. The molecule has 1 unspecified atom stereocenters. The Morgan fingerprint density at radius 2 is 1.71 bits per heavy atom. The van der Waals surface area contributed by atoms with E-state index in [1.54, 1.807) is 0 Å². The number of benzene rings is 2. The van der Waals surface area contributed by atoms with Gasteiger partial charge in [-0.25, -0.2) is 0 Å². The van der Waals surface area contributed by atoms with Gasteiger partial charge >= 0.3 is 11.8 Å². The summed E-state index contributed by atoms with van der Waals surface area (Å²) in [6.07, 6.45) is 2.21. The summed E-state index contributed by atoms with van der Waals surface area (Å²) in [6.45, 7) is 10.3. The van der Waals surface area contributed by atoms with Crippen LogP contribution < -0.4 is 15.5 Å². The smallest absolute Gasteiger partial charge is 0.313 e. The zero-order valence-corrected chi connectivity index (χ0v) is 20.7. The van der Waals surface area contributed by atoms with Crippen LogP contribution in [0.4, 0.5) is 11.4 Å². The van der Waals surface area contributed by atoms with Crippen molar-refractivity contribution in [2.75, 3.05) is 56.7 Å². The number of hydrogen-bond donors (Lipinski definition) is 2. The first-order valence-corrected chi connectivity index (χ1v) is 12.2. The minimum Gasteiger partial charge on any atom is -0.379 e. The number of morpholine rings is 1. The van der Waals surface area contributed by atoms with Crippen molar-refractivity contribution >= 4 is 23.2 Å². The first-order valence-electron chi connectivity index (χ1n) is 12.2. The van der Waals surface area contributed by atoms with Gasteiger partial charge in [-0.1, -0.05) is 29.8 Å². The third-order valence-corrected chi connectivity index (χ3v) is 6.90. The monoisotopic (exact) mass is 464 g/mol. The molecule has 2 heterocycles. The van der Waals surface area contributed by atoms with Crippen LogP contribution in [-0.4, -0.2) is 63.2 Å². The molecule has 0 bridgehead atoms. The Labute approximate surface area is 202 Å². The Morgan fingerprint density at radius 1 is 1.00 bits per heavy atom. The van der Waals surface area contributed by atoms with E-state index in [1.165, 1.54) is 16.8 Å². The number of fused-ring (bicyclic) bond motifs is 1. The molecule has 7 nitrogen and oxygen atoms in total. The van der Waals surface area contributed by atoms with Crippen molar-refractivity contribution in [3.63, 3.8) is 0 Å². The van der Waals surface area contributed by atoms with Crippen molar-refractivity contribution in [3.8, 4) is 0 Å². The molecule has 182 valence electrons. The maximum Gasteiger partial charge on any atom is 0.313 e. The van der Waals surface area contributed by atoms with Gasteiger partial charge in [-0.05, 0) is 61.9 Å². The summed E-state index contributed by atoms with van der Waals surface area (Å²) in [7, 11) is 2.13. The van der Waals surface area contributed by atoms with E-state index in [-0.39, 0.29) is 6.04 Å². The van der Waals surface area contributed by atoms with Gasteiger partial charge in [-0.15, -0.1) is 0 Å². The van der Waals surface area contributed by atoms with E-state index in [4.69, 9.17) is 4.74 Å². The van der Waals surface area contributed by atoms with Crippen LogP contribution in [0.2, 0.25) is 0 Å². The highest BCUT2D eigenvalue weighted by atomic mass is 16.5. The Bertz CT molecular complexity index is 1040. The van der Waals surface area contributed by atoms with Crippen molar-refractivity contribution in [1.82, 2.24) is 10.2 Å². The number of ether oxygens (including phenoxy) is 1. The summed E-state index contributed by atoms with van der Waals surface area (Å²) >= 11 is 0. The standard InChI is InChI=1S/C27H36N4O3/c1-18-14-19(2)25(20(3)15-18)29-27(33)26(32)28-17-24(31-10-12-34-13-11-31)22-7-8-23-21(16-22)6-5-9-30(23)4/h7-8,14-16,24H,5-6,9-13,17H2,1-4H3,(H,28,32)(H,29,33). The number of carbonyl (C=O) groups excluding carboxylic acids is 2. The third-order valence-electron chi connectivity index (χ3n) is 6.90. The molecule has 2 aliphatic rings. The number of anilines is 2. The predicted octanol–water partition coefficient (Wildman–Crippen LogP) is 3.12. The highest BCUT2D eigenvalue weighted by molar-refractivity contribution is 6.39. The SMILES string of the molecule is Cc1cc(C)c(NC(=O)C(=O)NCC(c2ccc3c(c2)CCCN3C)N2CCOCC2)c(C)c1. The second kappa shape index (κ2) is 10.6. The molecule has 0 radical (unpaired) electrons. The molecule has 1 atom stereocenters. The molecule has 0 aliphatic carbocycles. The zero-order valence-electron chi connectivity index (χ0n) is 20.7. The number of amides is 2. The minimum absolute atomic E-state index is 0.0129. The second-order valence-electron chi connectivity index (χ2n) is 9.52. The average molecular weight is 465 g/mol. The summed E-state index contributed by atoms with van der Waals surface area (Å²) in [5.41, 5.74) is 7.52. The molecule has 1 saturated heterocycles. The summed E-state index contributed by atoms with van der Waals surface area (Å²) in [6, 6.07) is 10.6. The number of hydrogen-bond acceptors (Lipinski definition) is 5. The summed E-state index contributed by atoms with van der Waals surface area (Å²) < 4.78 is 5.55. The Balaban J connectivity index is 1.48. The molecule has 1 fully saturated rings. The van der Waals surface area contributed by atoms with E-state index in [2.05, 4.69) is 45.7 Å². The Kier molecular flexibility index (Phi) is 7.54. The van der Waals surface area contributed by atoms with Crippen molar-refractivity contribution < 1.29 is 14.3 Å². The lowest BCUT2D eigenvalue weighted by Crippen LogP contribution is -2.45. The number of nitrogens with zero attached hydrogens (tertiary/aromatic N) is 2. The molecule has 2 aromatic carbocycles. The largest absolute Gasteiger partial charge is 0.379 e. The quantitative estimate of drug-likeness (QED) is 0.665. The van der Waals surface area contributed by atoms with E-state index in [0.717, 1.165) is 49.2 Å². The van der Waals surface area contributed by atoms with Crippen LogP contribution in [-0.2, 0) is 20.7 Å². The molecule has 2 amide bonds. The van der Waals surface area contributed by atoms with Gasteiger partial charge in [-0.2, -0.15) is 0 Å². The molecular formula is C27H36N4O3. The van der Waals surface area contributed by atoms with Gasteiger partial charge in [-0.3, -0.25) is 14.5 Å². The molecule has 2 N–H and O–H groups in total. The molecule has 0 spiro atoms. The van der Waals surface area contributed by atoms with Gasteiger partial charge in [0.05, 0.1) is 19.3 Å². The van der Waals surface area contributed by atoms with E-state index in [9.17, 15) is 9.59 Å². The predicted molar refractivity (Wildman–Crippen MR) is 135 cm³/mol. The van der Waals surface area contributed by atoms with Crippen LogP contribution in [0.25, 0.3) is 0 Å². The number of nitrogens with one attached hydrogen (secondary N) is 2. The number of aryl methyl sites for hydroxylation is 4. The summed E-state index contributed by atoms with van der Waals surface area (Å²) in [5.74, 6) is -1.25. The van der Waals surface area contributed by atoms with Gasteiger partial charge in [0.1, 0.15) is 0 Å². The van der Waals surface area contributed by atoms with Crippen LogP contribution in [0.1, 0.15) is 40.3 Å². The molecule has 4 rings (SSSR count). The summed E-state index contributed by atoms with van der Waals surface area (Å²) in [4.78, 5) is 30.1. The fourth-order valence-corrected chi connectivity index (χ4v) is 5.18. The van der Waals surface area contributed by atoms with E-state index < -0.39 is 11.8 Å². The van der Waals surface area contributed by atoms with Crippen molar-refractivity contribution in [3.05, 3.63) is 58.1 Å². The molecule has 7 heteroatoms. The van der Waals surface area contributed by atoms with Gasteiger partial charge in [0, 0.05) is 44.6 Å². The molecule has 0 aromatic heterocycles. The lowest BCUT2D eigenvalue weighted by Gasteiger charge is -2.36. The average Bonchev–Trinajstić information content (AvgIpc) is 2.82. The molecule has 34 heavy (non-hydrogen) atoms. The van der Waals surface area contributed by atoms with Crippen LogP contribution in [0.5, 0.6) is 0 Å². The first kappa shape index (κ1) is 24.2. The van der Waals surface area contributed by atoms with Crippen LogP contribution in [0.3, 0.4) is 0 Å². The van der Waals surface area contributed by atoms with Gasteiger partial charge in [0.25, 0.3) is 0 Å². The topological polar surface area (TPSA) is 73.9 Å². The maximum atomic E-state index is 12.8. The van der Waals surface area contributed by atoms with Gasteiger partial charge in [0.2, 0.25) is 0 Å². The Morgan fingerprint density at radius 3 is 2.41 bits per heavy atom. The third kappa shape index (κ3) is 5.42. The zero-order chi connectivity index (χ0) is 24.2. The highest BCUT2D eigenvalue weighted by Gasteiger charge is 2.26. The van der Waals surface area contributed by atoms with E-state index in [0.29, 0.717) is 25.4 Å². The Hall–Kier alpha value is -2.90. The normalized spacial score (nSPS) is 17.1. The van der Waals surface area contributed by atoms with Crippen molar-refractivity contribution in [2.24, 2.45) is 0 Å². The second-order valence-corrected chi connectivity index (χ2v) is 9.52. The molecule has 2 aromatic rings. The van der Waals surface area contributed by atoms with Crippen molar-refractivity contribution in [1.29, 1.82) is 0 Å². The highest BCUT2D eigenvalue weighted by Crippen LogP contribution is 2.31. The molecular weight excluding hydrogens is 428 g/mol. The minimum atomic E-state index is -0.636. The summed E-state index contributed by atoms with van der Waals surface area (Å²) in [5, 5.41) is 5.70. The fraction of sp³-hybridized carbons (Fsp3) is 0.481. The fourth-order valence-electron chi connectivity index (χ4n) is 5.18. The van der Waals surface area contributed by atoms with Gasteiger partial charge < -0.3 is 20.3 Å². The number of carbonyl (C=O) groups is 2. The lowest BCUT2D eigenvalue weighted by molar-refractivity contribution is -0.136. The maximum absolute atomic E-state index is 12.8. The van der Waals surface area contributed by atoms with Crippen LogP contribution >= 0.6 is 0 Å². The van der Waals surface area contributed by atoms with E-state index in [1.807, 2.05) is 32.9 Å². The van der Waals surface area contributed by atoms with Crippen LogP contribution in [0, 0.1) is 20.8 Å². The number of rotatable bonds is 5. The lowest BCUT2D eigenvalue weighted by atomic mass is 9.95. The van der Waals surface area contributed by atoms with E-state index >= 15 is 0 Å².